The molecule has 2 rings (SSSR count). The molecular formula is C22H46O7Si2. The Balaban J connectivity index is 2.26. The normalized spacial score (nSPS) is 42.6. The first-order valence-corrected chi connectivity index (χ1v) is 18.5. The predicted octanol–water partition coefficient (Wildman–Crippen LogP) is 3.42. The van der Waals surface area contributed by atoms with E-state index in [4.69, 9.17) is 23.1 Å². The van der Waals surface area contributed by atoms with Crippen LogP contribution in [0.2, 0.25) is 39.3 Å². The summed E-state index contributed by atoms with van der Waals surface area (Å²) in [6.45, 7) is 21.1. The first-order valence-electron chi connectivity index (χ1n) is 11.7. The topological polar surface area (TPSA) is 86.6 Å². The van der Waals surface area contributed by atoms with Crippen molar-refractivity contribution < 1.29 is 33.3 Å². The van der Waals surface area contributed by atoms with Gasteiger partial charge in [-0.3, -0.25) is 0 Å². The molecule has 4 unspecified atom stereocenters. The van der Waals surface area contributed by atoms with Crippen LogP contribution in [-0.4, -0.2) is 77.1 Å². The summed E-state index contributed by atoms with van der Waals surface area (Å²) < 4.78 is 31.8. The second-order valence-corrected chi connectivity index (χ2v) is 20.3. The van der Waals surface area contributed by atoms with Gasteiger partial charge in [-0.2, -0.15) is 0 Å². The summed E-state index contributed by atoms with van der Waals surface area (Å²) in [5, 5.41) is 19.9. The second-order valence-electron chi connectivity index (χ2n) is 11.4. The third-order valence-corrected chi connectivity index (χ3v) is 8.50. The van der Waals surface area contributed by atoms with Crippen LogP contribution in [0.4, 0.5) is 0 Å². The summed E-state index contributed by atoms with van der Waals surface area (Å²) in [7, 11) is -3.80. The fourth-order valence-electron chi connectivity index (χ4n) is 4.46. The Morgan fingerprint density at radius 3 is 1.55 bits per heavy atom. The SMILES string of the molecule is CC1[C@@H](O[C@H]2OC(CO)[C@@H](O[Si](C)(C)C)C(O[Si](C)(C)C)[C@H]2C)OC(CO)[C@@H](C)[C@@H]1C. The van der Waals surface area contributed by atoms with E-state index in [1.807, 2.05) is 0 Å². The number of hydrogen-bond donors (Lipinski definition) is 2. The summed E-state index contributed by atoms with van der Waals surface area (Å²) in [6.07, 6.45) is -2.45. The van der Waals surface area contributed by atoms with Crippen molar-refractivity contribution in [2.24, 2.45) is 23.7 Å². The van der Waals surface area contributed by atoms with Gasteiger partial charge in [0.2, 0.25) is 0 Å². The summed E-state index contributed by atoms with van der Waals surface area (Å²) >= 11 is 0. The number of aliphatic hydroxyl groups is 2. The molecule has 9 heteroatoms. The van der Waals surface area contributed by atoms with Crippen LogP contribution in [0, 0.1) is 23.7 Å². The zero-order chi connectivity index (χ0) is 23.7. The fraction of sp³-hybridized carbons (Fsp3) is 1.00. The molecular weight excluding hydrogens is 432 g/mol. The molecule has 0 aromatic heterocycles. The van der Waals surface area contributed by atoms with Crippen LogP contribution in [-0.2, 0) is 23.1 Å². The van der Waals surface area contributed by atoms with Gasteiger partial charge in [0.15, 0.2) is 29.2 Å². The molecule has 31 heavy (non-hydrogen) atoms. The molecule has 0 aromatic carbocycles. The maximum absolute atomic E-state index is 10.1. The highest BCUT2D eigenvalue weighted by Crippen LogP contribution is 2.39. The minimum Gasteiger partial charge on any atom is -0.412 e. The van der Waals surface area contributed by atoms with Crippen molar-refractivity contribution in [3.63, 3.8) is 0 Å². The highest BCUT2D eigenvalue weighted by atomic mass is 28.4. The van der Waals surface area contributed by atoms with Gasteiger partial charge in [-0.05, 0) is 51.1 Å². The van der Waals surface area contributed by atoms with Crippen LogP contribution >= 0.6 is 0 Å². The summed E-state index contributed by atoms with van der Waals surface area (Å²) in [4.78, 5) is 0. The lowest BCUT2D eigenvalue weighted by molar-refractivity contribution is -0.350. The Morgan fingerprint density at radius 1 is 0.613 bits per heavy atom. The minimum atomic E-state index is -1.90. The van der Waals surface area contributed by atoms with E-state index in [1.54, 1.807) is 0 Å². The molecule has 2 aliphatic heterocycles. The van der Waals surface area contributed by atoms with Crippen molar-refractivity contribution in [1.29, 1.82) is 0 Å². The fourth-order valence-corrected chi connectivity index (χ4v) is 6.73. The second kappa shape index (κ2) is 10.6. The number of ether oxygens (including phenoxy) is 3. The summed E-state index contributed by atoms with van der Waals surface area (Å²) in [6, 6.07) is 0. The summed E-state index contributed by atoms with van der Waals surface area (Å²) in [5.74, 6) is 0.620. The van der Waals surface area contributed by atoms with Crippen LogP contribution in [0.5, 0.6) is 0 Å². The van der Waals surface area contributed by atoms with Crippen molar-refractivity contribution >= 4 is 16.6 Å². The van der Waals surface area contributed by atoms with Crippen LogP contribution in [0.15, 0.2) is 0 Å². The maximum Gasteiger partial charge on any atom is 0.184 e. The Hall–Kier alpha value is 0.154. The minimum absolute atomic E-state index is 0.0358. The van der Waals surface area contributed by atoms with Gasteiger partial charge in [-0.1, -0.05) is 27.7 Å². The molecule has 2 saturated heterocycles. The molecule has 2 heterocycles. The molecule has 0 bridgehead atoms. The monoisotopic (exact) mass is 478 g/mol. The number of rotatable bonds is 8. The molecule has 0 radical (unpaired) electrons. The van der Waals surface area contributed by atoms with E-state index in [9.17, 15) is 10.2 Å². The van der Waals surface area contributed by atoms with E-state index in [0.717, 1.165) is 0 Å². The number of aliphatic hydroxyl groups excluding tert-OH is 2. The molecule has 0 amide bonds. The van der Waals surface area contributed by atoms with E-state index in [0.29, 0.717) is 5.92 Å². The Bertz CT molecular complexity index is 563. The van der Waals surface area contributed by atoms with Gasteiger partial charge in [0.1, 0.15) is 6.10 Å². The predicted molar refractivity (Wildman–Crippen MR) is 126 cm³/mol. The zero-order valence-electron chi connectivity index (χ0n) is 21.1. The summed E-state index contributed by atoms with van der Waals surface area (Å²) in [5.41, 5.74) is 0. The van der Waals surface area contributed by atoms with Gasteiger partial charge in [0.25, 0.3) is 0 Å². The van der Waals surface area contributed by atoms with E-state index in [-0.39, 0.29) is 49.3 Å². The lowest BCUT2D eigenvalue weighted by atomic mass is 9.79. The third-order valence-electron chi connectivity index (χ3n) is 6.54. The Labute approximate surface area is 191 Å². The van der Waals surface area contributed by atoms with Gasteiger partial charge >= 0.3 is 0 Å². The quantitative estimate of drug-likeness (QED) is 0.517. The maximum atomic E-state index is 10.1. The Kier molecular flexibility index (Phi) is 9.38. The first-order chi connectivity index (χ1) is 14.2. The van der Waals surface area contributed by atoms with Crippen molar-refractivity contribution in [3.05, 3.63) is 0 Å². The van der Waals surface area contributed by atoms with E-state index in [1.165, 1.54) is 0 Å². The van der Waals surface area contributed by atoms with Gasteiger partial charge < -0.3 is 33.3 Å². The standard InChI is InChI=1S/C22H46O7Si2/c1-13-14(2)17(11-23)25-21(15(13)3)27-22-16(4)19(28-30(5,6)7)20(18(12-24)26-22)29-31(8,9)10/h13-24H,11-12H2,1-10H3/t13-,14-,15?,16+,17?,18?,19?,20+,21+,22+/m0/s1. The molecule has 2 aliphatic rings. The molecule has 0 spiro atoms. The molecule has 2 fully saturated rings. The van der Waals surface area contributed by atoms with Crippen LogP contribution < -0.4 is 0 Å². The molecule has 10 atom stereocenters. The lowest BCUT2D eigenvalue weighted by Crippen LogP contribution is -2.62. The van der Waals surface area contributed by atoms with Gasteiger partial charge in [0.05, 0.1) is 31.5 Å². The van der Waals surface area contributed by atoms with Gasteiger partial charge in [-0.15, -0.1) is 0 Å². The highest BCUT2D eigenvalue weighted by molar-refractivity contribution is 6.70. The molecule has 7 nitrogen and oxygen atoms in total. The van der Waals surface area contributed by atoms with Crippen LogP contribution in [0.1, 0.15) is 27.7 Å². The average Bonchev–Trinajstić information content (AvgIpc) is 2.65. The van der Waals surface area contributed by atoms with Crippen molar-refractivity contribution in [3.8, 4) is 0 Å². The van der Waals surface area contributed by atoms with E-state index < -0.39 is 35.3 Å². The highest BCUT2D eigenvalue weighted by Gasteiger charge is 2.50. The molecule has 0 aromatic rings. The van der Waals surface area contributed by atoms with Crippen LogP contribution in [0.3, 0.4) is 0 Å². The van der Waals surface area contributed by atoms with Crippen molar-refractivity contribution in [2.75, 3.05) is 13.2 Å². The van der Waals surface area contributed by atoms with Crippen molar-refractivity contribution in [1.82, 2.24) is 0 Å². The van der Waals surface area contributed by atoms with E-state index in [2.05, 4.69) is 67.0 Å². The first kappa shape index (κ1) is 27.4. The van der Waals surface area contributed by atoms with Gasteiger partial charge in [0, 0.05) is 11.8 Å². The van der Waals surface area contributed by atoms with Crippen molar-refractivity contribution in [2.45, 2.75) is 104 Å². The third kappa shape index (κ3) is 7.07. The zero-order valence-corrected chi connectivity index (χ0v) is 23.1. The molecule has 0 aliphatic carbocycles. The molecule has 184 valence electrons. The van der Waals surface area contributed by atoms with Crippen LogP contribution in [0.25, 0.3) is 0 Å². The largest absolute Gasteiger partial charge is 0.412 e. The average molecular weight is 479 g/mol. The smallest absolute Gasteiger partial charge is 0.184 e. The van der Waals surface area contributed by atoms with Gasteiger partial charge in [-0.25, -0.2) is 0 Å². The van der Waals surface area contributed by atoms with E-state index >= 15 is 0 Å². The number of hydrogen-bond acceptors (Lipinski definition) is 7. The molecule has 2 N–H and O–H groups in total. The molecule has 0 saturated carbocycles. The Morgan fingerprint density at radius 2 is 1.06 bits per heavy atom. The lowest BCUT2D eigenvalue weighted by Gasteiger charge is -2.50.